The molecule has 4 amide bonds. The molecule has 0 aliphatic heterocycles. The van der Waals surface area contributed by atoms with Crippen LogP contribution in [0.25, 0.3) is 0 Å². The second kappa shape index (κ2) is 23.8. The van der Waals surface area contributed by atoms with Crippen molar-refractivity contribution in [1.82, 2.24) is 16.0 Å². The first-order chi connectivity index (χ1) is 27.9. The number of benzene rings is 2. The predicted molar refractivity (Wildman–Crippen MR) is 230 cm³/mol. The van der Waals surface area contributed by atoms with Crippen molar-refractivity contribution >= 4 is 41.5 Å². The summed E-state index contributed by atoms with van der Waals surface area (Å²) >= 11 is 0. The highest BCUT2D eigenvalue weighted by molar-refractivity contribution is 5.95. The van der Waals surface area contributed by atoms with Crippen LogP contribution in [0.15, 0.2) is 47.5 Å². The molecule has 0 aromatic heterocycles. The van der Waals surface area contributed by atoms with Crippen LogP contribution in [-0.4, -0.2) is 83.0 Å². The van der Waals surface area contributed by atoms with E-state index in [2.05, 4.69) is 20.9 Å². The first kappa shape index (κ1) is 50.5. The highest BCUT2D eigenvalue weighted by Crippen LogP contribution is 2.26. The van der Waals surface area contributed by atoms with Gasteiger partial charge in [-0.05, 0) is 135 Å². The van der Waals surface area contributed by atoms with Crippen molar-refractivity contribution in [3.05, 3.63) is 64.7 Å². The minimum atomic E-state index is -1.08. The van der Waals surface area contributed by atoms with E-state index in [-0.39, 0.29) is 63.3 Å². The van der Waals surface area contributed by atoms with Crippen LogP contribution in [-0.2, 0) is 41.5 Å². The molecule has 332 valence electrons. The van der Waals surface area contributed by atoms with Crippen molar-refractivity contribution in [3.63, 3.8) is 0 Å². The van der Waals surface area contributed by atoms with Crippen molar-refractivity contribution in [1.29, 1.82) is 0 Å². The van der Waals surface area contributed by atoms with Crippen LogP contribution in [0, 0.1) is 25.7 Å². The second-order valence-corrected chi connectivity index (χ2v) is 17.2. The zero-order valence-corrected chi connectivity index (χ0v) is 36.5. The number of guanidine groups is 1. The lowest BCUT2D eigenvalue weighted by Crippen LogP contribution is -2.48. The SMILES string of the molecule is Cc1cc(O)cc(C)c1C[C@H](CC(=O)[C@@H](CCCN=C(N)N)NC(=O)OC(C)(C)C)C(=O)N[C@@H](CCCCNC(=O)OC(C)(C)C)C(=O)C[C@@H](Cc1ccccc1)C(N)=O. The largest absolute Gasteiger partial charge is 0.508 e. The van der Waals surface area contributed by atoms with Gasteiger partial charge in [-0.15, -0.1) is 0 Å². The molecule has 0 aliphatic rings. The van der Waals surface area contributed by atoms with Crippen LogP contribution in [0.1, 0.15) is 109 Å². The fraction of sp³-hybridized carbons (Fsp3) is 0.568. The smallest absolute Gasteiger partial charge is 0.408 e. The Hall–Kier alpha value is -5.67. The van der Waals surface area contributed by atoms with Gasteiger partial charge in [-0.1, -0.05) is 30.3 Å². The molecule has 0 bridgehead atoms. The topological polar surface area (TPSA) is 268 Å². The number of nitrogens with zero attached hydrogens (tertiary/aromatic N) is 1. The molecule has 0 radical (unpaired) electrons. The molecule has 0 unspecified atom stereocenters. The summed E-state index contributed by atoms with van der Waals surface area (Å²) in [6, 6.07) is 10.1. The highest BCUT2D eigenvalue weighted by Gasteiger charge is 2.33. The third-order valence-corrected chi connectivity index (χ3v) is 9.44. The summed E-state index contributed by atoms with van der Waals surface area (Å²) in [6.07, 6.45) is -0.279. The highest BCUT2D eigenvalue weighted by atomic mass is 16.6. The Balaban J connectivity index is 2.47. The van der Waals surface area contributed by atoms with Gasteiger partial charge in [0.2, 0.25) is 11.8 Å². The molecule has 0 saturated heterocycles. The molecule has 0 heterocycles. The number of rotatable bonds is 23. The molecule has 60 heavy (non-hydrogen) atoms. The summed E-state index contributed by atoms with van der Waals surface area (Å²) < 4.78 is 10.7. The predicted octanol–water partition coefficient (Wildman–Crippen LogP) is 4.56. The second-order valence-electron chi connectivity index (χ2n) is 17.2. The molecule has 0 saturated carbocycles. The minimum absolute atomic E-state index is 0.0413. The van der Waals surface area contributed by atoms with Crippen LogP contribution in [0.5, 0.6) is 5.75 Å². The molecule has 2 aromatic carbocycles. The first-order valence-corrected chi connectivity index (χ1v) is 20.4. The maximum atomic E-state index is 14.5. The van der Waals surface area contributed by atoms with Crippen LogP contribution in [0.3, 0.4) is 0 Å². The van der Waals surface area contributed by atoms with E-state index < -0.39 is 70.7 Å². The number of ether oxygens (including phenoxy) is 2. The Kier molecular flexibility index (Phi) is 20.0. The van der Waals surface area contributed by atoms with Gasteiger partial charge in [0.05, 0.1) is 12.1 Å². The van der Waals surface area contributed by atoms with E-state index in [1.54, 1.807) is 67.5 Å². The van der Waals surface area contributed by atoms with Gasteiger partial charge in [-0.25, -0.2) is 9.59 Å². The van der Waals surface area contributed by atoms with Gasteiger partial charge < -0.3 is 47.7 Å². The van der Waals surface area contributed by atoms with Crippen molar-refractivity contribution in [2.24, 2.45) is 34.0 Å². The van der Waals surface area contributed by atoms with Crippen molar-refractivity contribution in [2.45, 2.75) is 136 Å². The van der Waals surface area contributed by atoms with Crippen molar-refractivity contribution < 1.29 is 43.3 Å². The summed E-state index contributed by atoms with van der Waals surface area (Å²) in [5, 5.41) is 18.5. The first-order valence-electron chi connectivity index (χ1n) is 20.4. The number of ketones is 2. The number of aryl methyl sites for hydroxylation is 2. The van der Waals surface area contributed by atoms with E-state index in [1.807, 2.05) is 30.3 Å². The summed E-state index contributed by atoms with van der Waals surface area (Å²) in [6.45, 7) is 14.3. The standard InChI is InChI=1S/C44H67N7O9/c1-27-21-32(52)22-28(2)33(27)24-31(26-37(54)35(18-14-20-48-40(46)47)51-42(58)60-44(6,7)8)39(56)50-34(17-12-13-19-49-41(57)59-43(3,4)5)36(53)25-30(38(45)55)23-29-15-10-9-11-16-29/h9-11,15-16,21-22,30-31,34-35,52H,12-14,17-20,23-26H2,1-8H3,(H2,45,55)(H,49,57)(H,50,56)(H,51,58)(H4,46,47,48)/t30-,31-,34+,35-/m1/s1. The summed E-state index contributed by atoms with van der Waals surface area (Å²) in [4.78, 5) is 84.5. The molecule has 0 spiro atoms. The average Bonchev–Trinajstić information content (AvgIpc) is 3.11. The number of amides is 4. The number of primary amides is 1. The van der Waals surface area contributed by atoms with Crippen molar-refractivity contribution in [2.75, 3.05) is 13.1 Å². The molecule has 10 N–H and O–H groups in total. The molecule has 0 fully saturated rings. The average molecular weight is 838 g/mol. The molecule has 2 rings (SSSR count). The van der Waals surface area contributed by atoms with Gasteiger partial charge in [-0.3, -0.25) is 24.2 Å². The summed E-state index contributed by atoms with van der Waals surface area (Å²) in [7, 11) is 0. The fourth-order valence-corrected chi connectivity index (χ4v) is 6.59. The number of phenols is 1. The summed E-state index contributed by atoms with van der Waals surface area (Å²) in [5.74, 6) is -4.13. The molecular weight excluding hydrogens is 771 g/mol. The zero-order valence-electron chi connectivity index (χ0n) is 36.5. The van der Waals surface area contributed by atoms with Crippen LogP contribution in [0.2, 0.25) is 0 Å². The molecule has 16 heteroatoms. The fourth-order valence-electron chi connectivity index (χ4n) is 6.59. The number of unbranched alkanes of at least 4 members (excludes halogenated alkanes) is 1. The van der Waals surface area contributed by atoms with Crippen LogP contribution < -0.4 is 33.2 Å². The number of carbonyl (C=O) groups excluding carboxylic acids is 6. The zero-order chi connectivity index (χ0) is 45.2. The molecule has 2 aromatic rings. The van der Waals surface area contributed by atoms with E-state index in [0.29, 0.717) is 30.4 Å². The number of nitrogens with one attached hydrogen (secondary N) is 3. The lowest BCUT2D eigenvalue weighted by molar-refractivity contribution is -0.134. The number of carbonyl (C=O) groups is 6. The maximum Gasteiger partial charge on any atom is 0.408 e. The van der Waals surface area contributed by atoms with E-state index in [4.69, 9.17) is 26.7 Å². The van der Waals surface area contributed by atoms with E-state index in [9.17, 15) is 33.9 Å². The number of aromatic hydroxyl groups is 1. The Morgan fingerprint density at radius 1 is 0.717 bits per heavy atom. The summed E-state index contributed by atoms with van der Waals surface area (Å²) in [5.41, 5.74) is 18.1. The Bertz CT molecular complexity index is 1780. The molecular formula is C44H67N7O9. The number of alkyl carbamates (subject to hydrolysis) is 2. The number of Topliss-reactive ketones (excluding diaryl/α,β-unsaturated/α-hetero) is 2. The Labute approximate surface area is 354 Å². The monoisotopic (exact) mass is 838 g/mol. The van der Waals surface area contributed by atoms with Gasteiger partial charge in [0.15, 0.2) is 17.5 Å². The van der Waals surface area contributed by atoms with Crippen LogP contribution in [0.4, 0.5) is 9.59 Å². The number of nitrogens with two attached hydrogens (primary N) is 3. The van der Waals surface area contributed by atoms with Gasteiger partial charge in [0.1, 0.15) is 17.0 Å². The third kappa shape index (κ3) is 19.9. The quantitative estimate of drug-likeness (QED) is 0.0463. The van der Waals surface area contributed by atoms with Gasteiger partial charge in [0.25, 0.3) is 0 Å². The van der Waals surface area contributed by atoms with E-state index >= 15 is 0 Å². The van der Waals surface area contributed by atoms with E-state index in [0.717, 1.165) is 11.1 Å². The number of hydrogen-bond donors (Lipinski definition) is 7. The number of hydrogen-bond acceptors (Lipinski definition) is 10. The maximum absolute atomic E-state index is 14.5. The third-order valence-electron chi connectivity index (χ3n) is 9.44. The lowest BCUT2D eigenvalue weighted by Gasteiger charge is -2.26. The van der Waals surface area contributed by atoms with E-state index in [1.165, 1.54) is 0 Å². The molecule has 16 nitrogen and oxygen atoms in total. The Morgan fingerprint density at radius 2 is 1.25 bits per heavy atom. The minimum Gasteiger partial charge on any atom is -0.508 e. The molecule has 4 atom stereocenters. The normalized spacial score (nSPS) is 13.5. The van der Waals surface area contributed by atoms with Gasteiger partial charge >= 0.3 is 12.2 Å². The van der Waals surface area contributed by atoms with Gasteiger partial charge in [-0.2, -0.15) is 0 Å². The molecule has 0 aliphatic carbocycles. The Morgan fingerprint density at radius 3 is 1.80 bits per heavy atom. The van der Waals surface area contributed by atoms with Gasteiger partial charge in [0, 0.05) is 37.8 Å². The number of aliphatic imine (C=N–C) groups is 1. The van der Waals surface area contributed by atoms with Crippen molar-refractivity contribution in [3.8, 4) is 5.75 Å². The lowest BCUT2D eigenvalue weighted by atomic mass is 9.86. The number of phenolic OH excluding ortho intramolecular Hbond substituents is 1. The van der Waals surface area contributed by atoms with Crippen LogP contribution >= 0.6 is 0 Å².